The van der Waals surface area contributed by atoms with E-state index >= 15 is 0 Å². The Labute approximate surface area is 105 Å². The van der Waals surface area contributed by atoms with E-state index in [4.69, 9.17) is 4.98 Å². The Balaban J connectivity index is 3.58. The molecule has 1 heterocycles. The number of nitrogens with zero attached hydrogens (tertiary/aromatic N) is 4. The Morgan fingerprint density at radius 1 is 0.647 bits per heavy atom. The minimum atomic E-state index is 1.03. The first-order valence-electron chi connectivity index (χ1n) is 5.80. The fourth-order valence-corrected chi connectivity index (χ4v) is 2.30. The number of aromatic nitrogens is 1. The van der Waals surface area contributed by atoms with Crippen LogP contribution in [0.5, 0.6) is 0 Å². The van der Waals surface area contributed by atoms with Gasteiger partial charge in [0.2, 0.25) is 0 Å². The third-order valence-electron chi connectivity index (χ3n) is 2.89. The molecule has 0 saturated heterocycles. The third kappa shape index (κ3) is 2.46. The first-order chi connectivity index (χ1) is 7.77. The second kappa shape index (κ2) is 4.82. The molecule has 1 rings (SSSR count). The van der Waals surface area contributed by atoms with Crippen LogP contribution < -0.4 is 14.7 Å². The summed E-state index contributed by atoms with van der Waals surface area (Å²) in [6.45, 7) is 4.26. The Hall–Kier alpha value is -1.45. The van der Waals surface area contributed by atoms with Crippen LogP contribution in [0.2, 0.25) is 0 Å². The molecule has 1 aromatic rings. The lowest BCUT2D eigenvalue weighted by Crippen LogP contribution is -2.22. The van der Waals surface area contributed by atoms with E-state index in [1.807, 2.05) is 28.2 Å². The highest BCUT2D eigenvalue weighted by atomic mass is 15.2. The molecule has 4 nitrogen and oxygen atoms in total. The van der Waals surface area contributed by atoms with Crippen molar-refractivity contribution in [2.45, 2.75) is 13.8 Å². The molecule has 0 saturated carbocycles. The third-order valence-corrected chi connectivity index (χ3v) is 2.89. The molecular weight excluding hydrogens is 212 g/mol. The molecule has 17 heavy (non-hydrogen) atoms. The van der Waals surface area contributed by atoms with Gasteiger partial charge in [-0.2, -0.15) is 0 Å². The van der Waals surface area contributed by atoms with Gasteiger partial charge in [-0.1, -0.05) is 0 Å². The summed E-state index contributed by atoms with van der Waals surface area (Å²) in [5.74, 6) is 2.06. The van der Waals surface area contributed by atoms with E-state index in [0.29, 0.717) is 0 Å². The molecule has 0 spiro atoms. The van der Waals surface area contributed by atoms with Gasteiger partial charge >= 0.3 is 0 Å². The molecule has 0 radical (unpaired) electrons. The van der Waals surface area contributed by atoms with Crippen LogP contribution in [-0.4, -0.2) is 47.3 Å². The smallest absolute Gasteiger partial charge is 0.135 e. The molecule has 0 unspecified atom stereocenters. The SMILES string of the molecule is Cc1c(N(C)C)nc(N(C)C)c(C)c1N(C)C. The zero-order valence-electron chi connectivity index (χ0n) is 12.3. The van der Waals surface area contributed by atoms with Crippen LogP contribution in [0.15, 0.2) is 0 Å². The number of pyridine rings is 1. The lowest BCUT2D eigenvalue weighted by Gasteiger charge is -2.27. The van der Waals surface area contributed by atoms with Crippen molar-refractivity contribution in [2.24, 2.45) is 0 Å². The van der Waals surface area contributed by atoms with Crippen molar-refractivity contribution in [1.29, 1.82) is 0 Å². The number of anilines is 3. The van der Waals surface area contributed by atoms with Crippen molar-refractivity contribution in [2.75, 3.05) is 57.0 Å². The molecule has 1 aromatic heterocycles. The van der Waals surface area contributed by atoms with E-state index in [1.165, 1.54) is 16.8 Å². The number of hydrogen-bond donors (Lipinski definition) is 0. The summed E-state index contributed by atoms with van der Waals surface area (Å²) in [6.07, 6.45) is 0. The van der Waals surface area contributed by atoms with Gasteiger partial charge in [-0.15, -0.1) is 0 Å². The van der Waals surface area contributed by atoms with Crippen LogP contribution in [0.3, 0.4) is 0 Å². The van der Waals surface area contributed by atoms with Gasteiger partial charge in [-0.25, -0.2) is 4.98 Å². The van der Waals surface area contributed by atoms with E-state index < -0.39 is 0 Å². The summed E-state index contributed by atoms with van der Waals surface area (Å²) >= 11 is 0. The maximum atomic E-state index is 4.74. The van der Waals surface area contributed by atoms with Gasteiger partial charge in [0.25, 0.3) is 0 Å². The van der Waals surface area contributed by atoms with Crippen molar-refractivity contribution < 1.29 is 0 Å². The highest BCUT2D eigenvalue weighted by Gasteiger charge is 2.17. The number of rotatable bonds is 3. The summed E-state index contributed by atoms with van der Waals surface area (Å²) in [5, 5.41) is 0. The highest BCUT2D eigenvalue weighted by molar-refractivity contribution is 5.73. The molecule has 0 fully saturated rings. The molecule has 0 aliphatic heterocycles. The van der Waals surface area contributed by atoms with Crippen LogP contribution in [0.4, 0.5) is 17.3 Å². The molecule has 4 heteroatoms. The Morgan fingerprint density at radius 3 is 1.24 bits per heavy atom. The standard InChI is InChI=1S/C13H24N4/c1-9-11(15(3)4)10(2)13(17(7)8)14-12(9)16(5)6/h1-8H3. The molecule has 0 aromatic carbocycles. The van der Waals surface area contributed by atoms with Gasteiger partial charge in [0, 0.05) is 59.1 Å². The lowest BCUT2D eigenvalue weighted by atomic mass is 10.1. The highest BCUT2D eigenvalue weighted by Crippen LogP contribution is 2.34. The molecule has 0 bridgehead atoms. The topological polar surface area (TPSA) is 22.6 Å². The Kier molecular flexibility index (Phi) is 3.86. The summed E-state index contributed by atoms with van der Waals surface area (Å²) in [4.78, 5) is 11.0. The van der Waals surface area contributed by atoms with Crippen molar-refractivity contribution in [3.8, 4) is 0 Å². The average molecular weight is 236 g/mol. The predicted molar refractivity (Wildman–Crippen MR) is 76.7 cm³/mol. The zero-order chi connectivity index (χ0) is 13.3. The molecule has 0 amide bonds. The van der Waals surface area contributed by atoms with E-state index in [1.54, 1.807) is 0 Å². The molecule has 0 aliphatic carbocycles. The summed E-state index contributed by atoms with van der Waals surface area (Å²) < 4.78 is 0. The Bertz CT molecular complexity index is 376. The summed E-state index contributed by atoms with van der Waals surface area (Å²) in [7, 11) is 12.3. The van der Waals surface area contributed by atoms with E-state index in [0.717, 1.165) is 11.6 Å². The normalized spacial score (nSPS) is 10.4. The second-order valence-corrected chi connectivity index (χ2v) is 5.04. The first-order valence-corrected chi connectivity index (χ1v) is 5.80. The van der Waals surface area contributed by atoms with Crippen LogP contribution in [-0.2, 0) is 0 Å². The molecule has 0 N–H and O–H groups in total. The van der Waals surface area contributed by atoms with Crippen LogP contribution in [0.1, 0.15) is 11.1 Å². The quantitative estimate of drug-likeness (QED) is 0.799. The van der Waals surface area contributed by atoms with Gasteiger partial charge in [-0.05, 0) is 13.8 Å². The van der Waals surface area contributed by atoms with Crippen LogP contribution >= 0.6 is 0 Å². The Morgan fingerprint density at radius 2 is 1.00 bits per heavy atom. The van der Waals surface area contributed by atoms with Crippen LogP contribution in [0.25, 0.3) is 0 Å². The summed E-state index contributed by atoms with van der Waals surface area (Å²) in [6, 6.07) is 0. The van der Waals surface area contributed by atoms with Crippen molar-refractivity contribution in [1.82, 2.24) is 4.98 Å². The average Bonchev–Trinajstić information content (AvgIpc) is 2.15. The minimum Gasteiger partial charge on any atom is -0.377 e. The zero-order valence-corrected chi connectivity index (χ0v) is 12.3. The fourth-order valence-electron chi connectivity index (χ4n) is 2.30. The van der Waals surface area contributed by atoms with Crippen molar-refractivity contribution in [3.63, 3.8) is 0 Å². The fraction of sp³-hybridized carbons (Fsp3) is 0.615. The number of hydrogen-bond acceptors (Lipinski definition) is 4. The molecule has 96 valence electrons. The van der Waals surface area contributed by atoms with Gasteiger partial charge in [-0.3, -0.25) is 0 Å². The van der Waals surface area contributed by atoms with E-state index in [2.05, 4.69) is 42.6 Å². The second-order valence-electron chi connectivity index (χ2n) is 5.04. The van der Waals surface area contributed by atoms with E-state index in [9.17, 15) is 0 Å². The maximum absolute atomic E-state index is 4.74. The largest absolute Gasteiger partial charge is 0.377 e. The van der Waals surface area contributed by atoms with Gasteiger partial charge < -0.3 is 14.7 Å². The first kappa shape index (κ1) is 13.6. The maximum Gasteiger partial charge on any atom is 0.135 e. The van der Waals surface area contributed by atoms with Gasteiger partial charge in [0.15, 0.2) is 0 Å². The van der Waals surface area contributed by atoms with Crippen LogP contribution in [0, 0.1) is 13.8 Å². The van der Waals surface area contributed by atoms with Gasteiger partial charge in [0.05, 0.1) is 0 Å². The van der Waals surface area contributed by atoms with E-state index in [-0.39, 0.29) is 0 Å². The minimum absolute atomic E-state index is 1.03. The predicted octanol–water partition coefficient (Wildman–Crippen LogP) is 1.90. The van der Waals surface area contributed by atoms with Crippen molar-refractivity contribution >= 4 is 17.3 Å². The summed E-state index contributed by atoms with van der Waals surface area (Å²) in [5.41, 5.74) is 3.71. The van der Waals surface area contributed by atoms with Gasteiger partial charge in [0.1, 0.15) is 11.6 Å². The molecular formula is C13H24N4. The lowest BCUT2D eigenvalue weighted by molar-refractivity contribution is 0.976. The monoisotopic (exact) mass is 236 g/mol. The van der Waals surface area contributed by atoms with Crippen molar-refractivity contribution in [3.05, 3.63) is 11.1 Å². The molecule has 0 aliphatic rings. The molecule has 0 atom stereocenters.